The number of hydrogen-bond donors (Lipinski definition) is 0. The van der Waals surface area contributed by atoms with Crippen molar-refractivity contribution in [3.63, 3.8) is 0 Å². The Kier molecular flexibility index (Phi) is 11.5. The quantitative estimate of drug-likeness (QED) is 0.468. The van der Waals surface area contributed by atoms with Gasteiger partial charge in [-0.3, -0.25) is 5.01 Å². The van der Waals surface area contributed by atoms with E-state index in [1.165, 1.54) is 62.5 Å². The van der Waals surface area contributed by atoms with E-state index < -0.39 is 0 Å². The Labute approximate surface area is 184 Å². The van der Waals surface area contributed by atoms with E-state index in [1.54, 1.807) is 7.11 Å². The summed E-state index contributed by atoms with van der Waals surface area (Å²) in [6, 6.07) is 0.457. The fourth-order valence-corrected chi connectivity index (χ4v) is 4.30. The van der Waals surface area contributed by atoms with E-state index in [-0.39, 0.29) is 17.1 Å². The molecule has 0 aromatic heterocycles. The van der Waals surface area contributed by atoms with E-state index in [9.17, 15) is 0 Å². The van der Waals surface area contributed by atoms with Gasteiger partial charge in [0.05, 0.1) is 12.6 Å². The second kappa shape index (κ2) is 13.3. The van der Waals surface area contributed by atoms with Crippen molar-refractivity contribution in [1.29, 1.82) is 0 Å². The summed E-state index contributed by atoms with van der Waals surface area (Å²) in [4.78, 5) is 0. The van der Waals surface area contributed by atoms with Gasteiger partial charge in [0.1, 0.15) is 0 Å². The molecule has 154 valence electrons. The Morgan fingerprint density at radius 1 is 0.964 bits per heavy atom. The van der Waals surface area contributed by atoms with E-state index in [2.05, 4.69) is 31.2 Å². The Bertz CT molecular complexity index is 438. The van der Waals surface area contributed by atoms with Gasteiger partial charge in [-0.05, 0) is 88.9 Å². The average Bonchev–Trinajstić information content (AvgIpc) is 3.46. The van der Waals surface area contributed by atoms with Crippen LogP contribution in [0.1, 0.15) is 51.9 Å². The standard InChI is InChI=1S/C19H29N2O.C5H5.Fe/c1-15-8-6-12-18(15)19(16-9-4-3-5-10-16)20-21-13-7-11-17(21)14-22-2;1-2-4-5-3-1;/h6,8,12,16-17H,3-5,7,9-11,13-14H2,1-2H3;1-5H;/b20-19+;;/t17-;;/m0../s1. The van der Waals surface area contributed by atoms with Crippen molar-refractivity contribution in [2.45, 2.75) is 57.9 Å². The normalized spacial score (nSPS) is 27.6. The molecule has 4 heteroatoms. The second-order valence-corrected chi connectivity index (χ2v) is 7.82. The smallest absolute Gasteiger partial charge is 0.0704 e. The molecule has 3 saturated carbocycles. The summed E-state index contributed by atoms with van der Waals surface area (Å²) in [6.07, 6.45) is 25.8. The van der Waals surface area contributed by atoms with Gasteiger partial charge in [-0.1, -0.05) is 26.2 Å². The third kappa shape index (κ3) is 7.03. The molecular formula is C24H34FeN2O. The zero-order valence-electron chi connectivity index (χ0n) is 17.3. The Balaban J connectivity index is 0.000000408. The molecule has 1 aliphatic heterocycles. The molecule has 3 nitrogen and oxygen atoms in total. The van der Waals surface area contributed by atoms with Crippen LogP contribution in [0.15, 0.2) is 5.10 Å². The summed E-state index contributed by atoms with van der Waals surface area (Å²) in [5, 5.41) is 7.48. The molecule has 10 radical (unpaired) electrons. The average molecular weight is 422 g/mol. The van der Waals surface area contributed by atoms with Crippen molar-refractivity contribution in [3.8, 4) is 0 Å². The molecule has 0 unspecified atom stereocenters. The van der Waals surface area contributed by atoms with Gasteiger partial charge in [0.15, 0.2) is 0 Å². The van der Waals surface area contributed by atoms with E-state index >= 15 is 0 Å². The number of nitrogens with zero attached hydrogens (tertiary/aromatic N) is 2. The first kappa shape index (κ1) is 24.2. The second-order valence-electron chi connectivity index (χ2n) is 7.82. The molecule has 28 heavy (non-hydrogen) atoms. The van der Waals surface area contributed by atoms with Crippen LogP contribution in [0.3, 0.4) is 0 Å². The Morgan fingerprint density at radius 3 is 2.21 bits per heavy atom. The Morgan fingerprint density at radius 2 is 1.64 bits per heavy atom. The van der Waals surface area contributed by atoms with Crippen LogP contribution in [0.5, 0.6) is 0 Å². The maximum absolute atomic E-state index is 5.39. The van der Waals surface area contributed by atoms with Crippen LogP contribution in [0.2, 0.25) is 0 Å². The Hall–Kier alpha value is -0.0505. The minimum atomic E-state index is 0. The summed E-state index contributed by atoms with van der Waals surface area (Å²) in [7, 11) is 1.80. The molecule has 4 aliphatic rings. The molecule has 1 heterocycles. The minimum Gasteiger partial charge on any atom is -0.382 e. The molecule has 0 N–H and O–H groups in total. The third-order valence-corrected chi connectivity index (χ3v) is 5.80. The van der Waals surface area contributed by atoms with E-state index in [0.29, 0.717) is 12.0 Å². The van der Waals surface area contributed by atoms with Gasteiger partial charge in [-0.2, -0.15) is 5.10 Å². The van der Waals surface area contributed by atoms with Crippen LogP contribution in [0.25, 0.3) is 0 Å². The zero-order chi connectivity index (χ0) is 18.9. The van der Waals surface area contributed by atoms with Crippen molar-refractivity contribution < 1.29 is 21.8 Å². The van der Waals surface area contributed by atoms with Gasteiger partial charge in [-0.15, -0.1) is 0 Å². The third-order valence-electron chi connectivity index (χ3n) is 5.80. The summed E-state index contributed by atoms with van der Waals surface area (Å²) in [6.45, 7) is 4.08. The van der Waals surface area contributed by atoms with Gasteiger partial charge in [0.25, 0.3) is 0 Å². The molecule has 4 fully saturated rings. The fourth-order valence-electron chi connectivity index (χ4n) is 4.30. The number of hydrazone groups is 1. The van der Waals surface area contributed by atoms with Crippen LogP contribution in [0, 0.1) is 69.1 Å². The first-order chi connectivity index (χ1) is 13.3. The van der Waals surface area contributed by atoms with E-state index in [4.69, 9.17) is 9.84 Å². The van der Waals surface area contributed by atoms with Crippen LogP contribution in [-0.2, 0) is 21.8 Å². The van der Waals surface area contributed by atoms with Crippen LogP contribution >= 0.6 is 0 Å². The van der Waals surface area contributed by atoms with Gasteiger partial charge >= 0.3 is 0 Å². The van der Waals surface area contributed by atoms with E-state index in [0.717, 1.165) is 13.2 Å². The summed E-state index contributed by atoms with van der Waals surface area (Å²) in [5.74, 6) is 3.38. The first-order valence-electron chi connectivity index (χ1n) is 10.5. The minimum absolute atomic E-state index is 0. The molecule has 1 saturated heterocycles. The maximum atomic E-state index is 5.39. The number of hydrogen-bond acceptors (Lipinski definition) is 3. The molecule has 0 aromatic carbocycles. The van der Waals surface area contributed by atoms with Crippen molar-refractivity contribution in [3.05, 3.63) is 63.2 Å². The summed E-state index contributed by atoms with van der Waals surface area (Å²) >= 11 is 0. The van der Waals surface area contributed by atoms with Gasteiger partial charge in [0, 0.05) is 42.4 Å². The topological polar surface area (TPSA) is 24.8 Å². The molecule has 0 bridgehead atoms. The molecule has 4 rings (SSSR count). The maximum Gasteiger partial charge on any atom is 0.0704 e. The molecule has 3 aliphatic carbocycles. The predicted octanol–water partition coefficient (Wildman–Crippen LogP) is 4.85. The number of methoxy groups -OCH3 is 1. The molecule has 0 aromatic rings. The van der Waals surface area contributed by atoms with Gasteiger partial charge in [0.2, 0.25) is 0 Å². The largest absolute Gasteiger partial charge is 0.382 e. The van der Waals surface area contributed by atoms with Crippen molar-refractivity contribution in [2.24, 2.45) is 11.0 Å². The van der Waals surface area contributed by atoms with E-state index in [1.807, 2.05) is 32.1 Å². The molecule has 0 spiro atoms. The molecule has 0 amide bonds. The van der Waals surface area contributed by atoms with Crippen molar-refractivity contribution in [1.82, 2.24) is 5.01 Å². The molecule has 1 atom stereocenters. The van der Waals surface area contributed by atoms with Gasteiger partial charge < -0.3 is 4.74 Å². The van der Waals surface area contributed by atoms with Gasteiger partial charge in [-0.25, -0.2) is 0 Å². The summed E-state index contributed by atoms with van der Waals surface area (Å²) < 4.78 is 5.39. The number of ether oxygens (including phenoxy) is 1. The van der Waals surface area contributed by atoms with Crippen molar-refractivity contribution >= 4 is 5.71 Å². The summed E-state index contributed by atoms with van der Waals surface area (Å²) in [5.41, 5.74) is 1.34. The van der Waals surface area contributed by atoms with Crippen molar-refractivity contribution in [2.75, 3.05) is 20.3 Å². The predicted molar refractivity (Wildman–Crippen MR) is 112 cm³/mol. The number of rotatable bonds is 5. The van der Waals surface area contributed by atoms with Crippen LogP contribution in [0.4, 0.5) is 0 Å². The van der Waals surface area contributed by atoms with Crippen LogP contribution < -0.4 is 0 Å². The molecular weight excluding hydrogens is 388 g/mol. The van der Waals surface area contributed by atoms with Crippen LogP contribution in [-0.4, -0.2) is 37.0 Å². The zero-order valence-corrected chi connectivity index (χ0v) is 18.4. The monoisotopic (exact) mass is 422 g/mol. The SMILES string of the molecule is COC[C@@H]1CCCN1/N=C(/[C]1[CH][CH][CH][C]1C)C1CCCCC1.[CH]1[CH][CH][CH][CH]1.[Fe]. The fraction of sp³-hybridized carbons (Fsp3) is 0.542. The first-order valence-corrected chi connectivity index (χ1v) is 10.5.